The molecule has 96 valence electrons. The van der Waals surface area contributed by atoms with Crippen LogP contribution in [0.1, 0.15) is 30.1 Å². The Morgan fingerprint density at radius 2 is 2.06 bits per heavy atom. The smallest absolute Gasteiger partial charge is 0.233 e. The minimum Gasteiger partial charge on any atom is -0.339 e. The third-order valence-electron chi connectivity index (χ3n) is 3.03. The number of rotatable bonds is 6. The Morgan fingerprint density at radius 1 is 1.39 bits per heavy atom. The van der Waals surface area contributed by atoms with Crippen molar-refractivity contribution in [1.29, 1.82) is 0 Å². The van der Waals surface area contributed by atoms with Crippen LogP contribution in [-0.4, -0.2) is 35.4 Å². The molecule has 0 unspecified atom stereocenters. The highest BCUT2D eigenvalue weighted by Crippen LogP contribution is 2.28. The standard InChI is InChI=1S/C14H17NO2S/c1-2-15(12-5-6-12)14(17)10-18-13-7-3-11(9-16)4-8-13/h3-4,7-9,12H,2,5-6,10H2,1H3. The van der Waals surface area contributed by atoms with Gasteiger partial charge in [-0.15, -0.1) is 11.8 Å². The maximum absolute atomic E-state index is 12.0. The summed E-state index contributed by atoms with van der Waals surface area (Å²) in [4.78, 5) is 25.5. The first-order chi connectivity index (χ1) is 8.74. The number of thioether (sulfide) groups is 1. The van der Waals surface area contributed by atoms with Crippen molar-refractivity contribution in [2.75, 3.05) is 12.3 Å². The van der Waals surface area contributed by atoms with E-state index >= 15 is 0 Å². The van der Waals surface area contributed by atoms with Gasteiger partial charge < -0.3 is 4.90 Å². The Kier molecular flexibility index (Phi) is 4.42. The van der Waals surface area contributed by atoms with Gasteiger partial charge in [-0.1, -0.05) is 12.1 Å². The average molecular weight is 263 g/mol. The van der Waals surface area contributed by atoms with Crippen LogP contribution in [0.5, 0.6) is 0 Å². The Labute approximate surface area is 112 Å². The van der Waals surface area contributed by atoms with Crippen molar-refractivity contribution in [2.24, 2.45) is 0 Å². The van der Waals surface area contributed by atoms with Crippen molar-refractivity contribution in [3.63, 3.8) is 0 Å². The molecule has 0 spiro atoms. The first-order valence-electron chi connectivity index (χ1n) is 6.22. The predicted octanol–water partition coefficient (Wildman–Crippen LogP) is 2.60. The van der Waals surface area contributed by atoms with Gasteiger partial charge in [0, 0.05) is 23.0 Å². The van der Waals surface area contributed by atoms with E-state index in [9.17, 15) is 9.59 Å². The molecule has 0 bridgehead atoms. The molecular weight excluding hydrogens is 246 g/mol. The van der Waals surface area contributed by atoms with Gasteiger partial charge in [-0.2, -0.15) is 0 Å². The van der Waals surface area contributed by atoms with Gasteiger partial charge in [0.1, 0.15) is 6.29 Å². The van der Waals surface area contributed by atoms with E-state index in [4.69, 9.17) is 0 Å². The molecule has 0 atom stereocenters. The van der Waals surface area contributed by atoms with Crippen molar-refractivity contribution in [1.82, 2.24) is 4.90 Å². The second kappa shape index (κ2) is 6.05. The average Bonchev–Trinajstić information content (AvgIpc) is 3.22. The fourth-order valence-corrected chi connectivity index (χ4v) is 2.68. The van der Waals surface area contributed by atoms with Crippen LogP contribution in [-0.2, 0) is 4.79 Å². The highest BCUT2D eigenvalue weighted by molar-refractivity contribution is 8.00. The van der Waals surface area contributed by atoms with Crippen LogP contribution in [0.15, 0.2) is 29.2 Å². The molecule has 1 aromatic carbocycles. The van der Waals surface area contributed by atoms with Crippen molar-refractivity contribution >= 4 is 24.0 Å². The molecule has 0 saturated heterocycles. The van der Waals surface area contributed by atoms with Crippen LogP contribution in [0, 0.1) is 0 Å². The van der Waals surface area contributed by atoms with E-state index in [-0.39, 0.29) is 5.91 Å². The van der Waals surface area contributed by atoms with Crippen LogP contribution in [0.2, 0.25) is 0 Å². The van der Waals surface area contributed by atoms with E-state index in [0.29, 0.717) is 17.4 Å². The van der Waals surface area contributed by atoms with E-state index in [2.05, 4.69) is 0 Å². The molecular formula is C14H17NO2S. The molecule has 0 aliphatic heterocycles. The molecule has 0 radical (unpaired) electrons. The van der Waals surface area contributed by atoms with Gasteiger partial charge in [0.15, 0.2) is 0 Å². The number of hydrogen-bond donors (Lipinski definition) is 0. The zero-order valence-corrected chi connectivity index (χ0v) is 11.3. The fourth-order valence-electron chi connectivity index (χ4n) is 1.89. The summed E-state index contributed by atoms with van der Waals surface area (Å²) in [7, 11) is 0. The van der Waals surface area contributed by atoms with Crippen molar-refractivity contribution < 1.29 is 9.59 Å². The van der Waals surface area contributed by atoms with Crippen LogP contribution in [0.3, 0.4) is 0 Å². The normalized spacial score (nSPS) is 14.3. The number of nitrogens with zero attached hydrogens (tertiary/aromatic N) is 1. The van der Waals surface area contributed by atoms with Crippen LogP contribution < -0.4 is 0 Å². The Hall–Kier alpha value is -1.29. The minimum atomic E-state index is 0.212. The summed E-state index contributed by atoms with van der Waals surface area (Å²) in [5.74, 6) is 0.689. The SMILES string of the molecule is CCN(C(=O)CSc1ccc(C=O)cc1)C1CC1. The lowest BCUT2D eigenvalue weighted by molar-refractivity contribution is -0.128. The molecule has 0 aromatic heterocycles. The van der Waals surface area contributed by atoms with E-state index in [0.717, 1.165) is 30.6 Å². The van der Waals surface area contributed by atoms with Gasteiger partial charge in [-0.25, -0.2) is 0 Å². The van der Waals surface area contributed by atoms with E-state index in [1.807, 2.05) is 24.0 Å². The first-order valence-corrected chi connectivity index (χ1v) is 7.20. The molecule has 18 heavy (non-hydrogen) atoms. The topological polar surface area (TPSA) is 37.4 Å². The van der Waals surface area contributed by atoms with Crippen LogP contribution in [0.25, 0.3) is 0 Å². The molecule has 0 N–H and O–H groups in total. The van der Waals surface area contributed by atoms with Gasteiger partial charge in [0.05, 0.1) is 5.75 Å². The van der Waals surface area contributed by atoms with E-state index in [1.165, 1.54) is 11.8 Å². The maximum Gasteiger partial charge on any atom is 0.233 e. The Morgan fingerprint density at radius 3 is 2.56 bits per heavy atom. The highest BCUT2D eigenvalue weighted by Gasteiger charge is 2.30. The third kappa shape index (κ3) is 3.35. The maximum atomic E-state index is 12.0. The molecule has 0 heterocycles. The van der Waals surface area contributed by atoms with Crippen molar-refractivity contribution in [2.45, 2.75) is 30.7 Å². The summed E-state index contributed by atoms with van der Waals surface area (Å²) >= 11 is 1.53. The van der Waals surface area contributed by atoms with Gasteiger partial charge in [-0.05, 0) is 31.9 Å². The highest BCUT2D eigenvalue weighted by atomic mass is 32.2. The summed E-state index contributed by atoms with van der Waals surface area (Å²) in [6.45, 7) is 2.83. The molecule has 1 aliphatic carbocycles. The van der Waals surface area contributed by atoms with Crippen molar-refractivity contribution in [3.8, 4) is 0 Å². The second-order valence-corrected chi connectivity index (χ2v) is 5.44. The van der Waals surface area contributed by atoms with Gasteiger partial charge in [-0.3, -0.25) is 9.59 Å². The lowest BCUT2D eigenvalue weighted by atomic mass is 10.2. The summed E-state index contributed by atoms with van der Waals surface area (Å²) in [6.07, 6.45) is 3.13. The molecule has 2 rings (SSSR count). The largest absolute Gasteiger partial charge is 0.339 e. The Balaban J connectivity index is 1.85. The first kappa shape index (κ1) is 13.1. The number of carbonyl (C=O) groups is 2. The van der Waals surface area contributed by atoms with E-state index in [1.54, 1.807) is 12.1 Å². The monoisotopic (exact) mass is 263 g/mol. The van der Waals surface area contributed by atoms with Gasteiger partial charge >= 0.3 is 0 Å². The molecule has 3 nitrogen and oxygen atoms in total. The zero-order valence-electron chi connectivity index (χ0n) is 10.5. The number of aldehydes is 1. The van der Waals surface area contributed by atoms with Crippen LogP contribution >= 0.6 is 11.8 Å². The molecule has 1 aromatic rings. The zero-order chi connectivity index (χ0) is 13.0. The summed E-state index contributed by atoms with van der Waals surface area (Å²) in [5.41, 5.74) is 0.666. The van der Waals surface area contributed by atoms with Crippen molar-refractivity contribution in [3.05, 3.63) is 29.8 Å². The molecule has 1 aliphatic rings. The quantitative estimate of drug-likeness (QED) is 0.585. The fraction of sp³-hybridized carbons (Fsp3) is 0.429. The minimum absolute atomic E-state index is 0.212. The Bertz CT molecular complexity index is 426. The lowest BCUT2D eigenvalue weighted by Crippen LogP contribution is -2.34. The molecule has 4 heteroatoms. The molecule has 1 amide bonds. The number of amides is 1. The third-order valence-corrected chi connectivity index (χ3v) is 4.02. The summed E-state index contributed by atoms with van der Waals surface area (Å²) in [5, 5.41) is 0. The number of carbonyl (C=O) groups excluding carboxylic acids is 2. The number of hydrogen-bond acceptors (Lipinski definition) is 3. The predicted molar refractivity (Wildman–Crippen MR) is 73.0 cm³/mol. The van der Waals surface area contributed by atoms with Gasteiger partial charge in [0.25, 0.3) is 0 Å². The number of benzene rings is 1. The molecule has 1 saturated carbocycles. The summed E-state index contributed by atoms with van der Waals surface area (Å²) in [6, 6.07) is 7.81. The second-order valence-electron chi connectivity index (χ2n) is 4.39. The summed E-state index contributed by atoms with van der Waals surface area (Å²) < 4.78 is 0. The lowest BCUT2D eigenvalue weighted by Gasteiger charge is -2.19. The van der Waals surface area contributed by atoms with Gasteiger partial charge in [0.2, 0.25) is 5.91 Å². The molecule has 1 fully saturated rings. The van der Waals surface area contributed by atoms with Crippen LogP contribution in [0.4, 0.5) is 0 Å². The van der Waals surface area contributed by atoms with E-state index < -0.39 is 0 Å².